The summed E-state index contributed by atoms with van der Waals surface area (Å²) in [5.74, 6) is 0.333. The molecule has 0 spiro atoms. The van der Waals surface area contributed by atoms with Crippen LogP contribution in [-0.2, 0) is 12.0 Å². The van der Waals surface area contributed by atoms with Gasteiger partial charge >= 0.3 is 0 Å². The Morgan fingerprint density at radius 3 is 2.70 bits per heavy atom. The molecule has 20 heavy (non-hydrogen) atoms. The van der Waals surface area contributed by atoms with Crippen LogP contribution in [0.4, 0.5) is 10.1 Å². The van der Waals surface area contributed by atoms with Crippen molar-refractivity contribution in [2.75, 3.05) is 12.4 Å². The molecule has 0 atom stereocenters. The van der Waals surface area contributed by atoms with Crippen LogP contribution in [0.25, 0.3) is 0 Å². The second-order valence-corrected chi connectivity index (χ2v) is 6.45. The summed E-state index contributed by atoms with van der Waals surface area (Å²) in [4.78, 5) is 4.57. The SMILES string of the molecule is COc1ccc(F)c(NCc2csc(C(C)(C)C)n2)c1. The molecule has 0 saturated carbocycles. The maximum absolute atomic E-state index is 13.7. The summed E-state index contributed by atoms with van der Waals surface area (Å²) in [7, 11) is 1.56. The van der Waals surface area contributed by atoms with Gasteiger partial charge in [-0.3, -0.25) is 0 Å². The summed E-state index contributed by atoms with van der Waals surface area (Å²) >= 11 is 1.63. The molecule has 1 aromatic heterocycles. The number of nitrogens with zero attached hydrogens (tertiary/aromatic N) is 1. The molecule has 0 radical (unpaired) electrons. The first kappa shape index (κ1) is 14.8. The lowest BCUT2D eigenvalue weighted by atomic mass is 9.98. The number of methoxy groups -OCH3 is 1. The van der Waals surface area contributed by atoms with Gasteiger partial charge in [0.25, 0.3) is 0 Å². The highest BCUT2D eigenvalue weighted by atomic mass is 32.1. The Bertz CT molecular complexity index is 590. The number of rotatable bonds is 4. The molecule has 1 aromatic carbocycles. The summed E-state index contributed by atoms with van der Waals surface area (Å²) in [5, 5.41) is 6.15. The van der Waals surface area contributed by atoms with Crippen molar-refractivity contribution in [1.29, 1.82) is 0 Å². The van der Waals surface area contributed by atoms with Gasteiger partial charge in [0, 0.05) is 16.9 Å². The van der Waals surface area contributed by atoms with Gasteiger partial charge in [0.1, 0.15) is 11.6 Å². The number of ether oxygens (including phenoxy) is 1. The molecule has 0 fully saturated rings. The molecule has 5 heteroatoms. The van der Waals surface area contributed by atoms with Gasteiger partial charge in [-0.2, -0.15) is 0 Å². The van der Waals surface area contributed by atoms with Crippen LogP contribution in [0.15, 0.2) is 23.6 Å². The Morgan fingerprint density at radius 1 is 1.35 bits per heavy atom. The minimum atomic E-state index is -0.294. The standard InChI is InChI=1S/C15H19FN2OS/c1-15(2,3)14-18-10(9-20-14)8-17-13-7-11(19-4)5-6-12(13)16/h5-7,9,17H,8H2,1-4H3. The summed E-state index contributed by atoms with van der Waals surface area (Å²) in [5.41, 5.74) is 1.39. The van der Waals surface area contributed by atoms with E-state index in [4.69, 9.17) is 4.74 Å². The lowest BCUT2D eigenvalue weighted by Crippen LogP contribution is -2.11. The summed E-state index contributed by atoms with van der Waals surface area (Å²) in [6.45, 7) is 6.89. The molecule has 2 rings (SSSR count). The van der Waals surface area contributed by atoms with E-state index in [1.54, 1.807) is 30.6 Å². The van der Waals surface area contributed by atoms with Gasteiger partial charge < -0.3 is 10.1 Å². The van der Waals surface area contributed by atoms with Crippen LogP contribution in [-0.4, -0.2) is 12.1 Å². The van der Waals surface area contributed by atoms with Crippen molar-refractivity contribution >= 4 is 17.0 Å². The summed E-state index contributed by atoms with van der Waals surface area (Å²) < 4.78 is 18.8. The van der Waals surface area contributed by atoms with Crippen molar-refractivity contribution in [1.82, 2.24) is 4.98 Å². The number of benzene rings is 1. The van der Waals surface area contributed by atoms with Gasteiger partial charge in [-0.25, -0.2) is 9.37 Å². The minimum absolute atomic E-state index is 0.0458. The lowest BCUT2D eigenvalue weighted by molar-refractivity contribution is 0.414. The Morgan fingerprint density at radius 2 is 2.10 bits per heavy atom. The largest absolute Gasteiger partial charge is 0.497 e. The van der Waals surface area contributed by atoms with E-state index in [1.807, 2.05) is 5.38 Å². The molecular formula is C15H19FN2OS. The molecule has 2 aromatic rings. The number of nitrogens with one attached hydrogen (secondary N) is 1. The number of aromatic nitrogens is 1. The van der Waals surface area contributed by atoms with Gasteiger partial charge in [0.15, 0.2) is 0 Å². The highest BCUT2D eigenvalue weighted by Gasteiger charge is 2.17. The zero-order valence-corrected chi connectivity index (χ0v) is 13.0. The van der Waals surface area contributed by atoms with Crippen molar-refractivity contribution in [3.8, 4) is 5.75 Å². The normalized spacial score (nSPS) is 11.4. The van der Waals surface area contributed by atoms with Crippen LogP contribution in [0.5, 0.6) is 5.75 Å². The molecular weight excluding hydrogens is 275 g/mol. The summed E-state index contributed by atoms with van der Waals surface area (Å²) in [6.07, 6.45) is 0. The monoisotopic (exact) mass is 294 g/mol. The van der Waals surface area contributed by atoms with E-state index < -0.39 is 0 Å². The maximum atomic E-state index is 13.7. The molecule has 108 valence electrons. The highest BCUT2D eigenvalue weighted by molar-refractivity contribution is 7.09. The first-order valence-corrected chi connectivity index (χ1v) is 7.30. The second-order valence-electron chi connectivity index (χ2n) is 5.59. The van der Waals surface area contributed by atoms with Crippen molar-refractivity contribution in [2.45, 2.75) is 32.7 Å². The zero-order chi connectivity index (χ0) is 14.8. The Labute approximate surface area is 122 Å². The van der Waals surface area contributed by atoms with Crippen LogP contribution in [0.2, 0.25) is 0 Å². The highest BCUT2D eigenvalue weighted by Crippen LogP contribution is 2.26. The number of hydrogen-bond acceptors (Lipinski definition) is 4. The average Bonchev–Trinajstić information content (AvgIpc) is 2.86. The molecule has 0 saturated heterocycles. The van der Waals surface area contributed by atoms with E-state index in [1.165, 1.54) is 6.07 Å². The quantitative estimate of drug-likeness (QED) is 0.917. The minimum Gasteiger partial charge on any atom is -0.497 e. The molecule has 0 aliphatic rings. The van der Waals surface area contributed by atoms with E-state index in [-0.39, 0.29) is 11.2 Å². The fourth-order valence-corrected chi connectivity index (χ4v) is 2.59. The van der Waals surface area contributed by atoms with Crippen LogP contribution in [0.3, 0.4) is 0 Å². The molecule has 0 bridgehead atoms. The van der Waals surface area contributed by atoms with Crippen LogP contribution in [0, 0.1) is 5.82 Å². The second kappa shape index (κ2) is 5.79. The number of halogens is 1. The van der Waals surface area contributed by atoms with Gasteiger partial charge in [-0.05, 0) is 12.1 Å². The number of thiazole rings is 1. The maximum Gasteiger partial charge on any atom is 0.146 e. The molecule has 1 heterocycles. The molecule has 0 aliphatic carbocycles. The topological polar surface area (TPSA) is 34.1 Å². The third-order valence-corrected chi connectivity index (χ3v) is 4.14. The van der Waals surface area contributed by atoms with Gasteiger partial charge in [-0.1, -0.05) is 20.8 Å². The van der Waals surface area contributed by atoms with Crippen molar-refractivity contribution in [3.05, 3.63) is 40.1 Å². The van der Waals surface area contributed by atoms with E-state index in [2.05, 4.69) is 31.1 Å². The molecule has 0 amide bonds. The van der Waals surface area contributed by atoms with E-state index in [9.17, 15) is 4.39 Å². The third kappa shape index (κ3) is 3.48. The Balaban J connectivity index is 2.07. The van der Waals surface area contributed by atoms with Crippen LogP contribution < -0.4 is 10.1 Å². The van der Waals surface area contributed by atoms with E-state index in [0.29, 0.717) is 18.0 Å². The average molecular weight is 294 g/mol. The van der Waals surface area contributed by atoms with E-state index >= 15 is 0 Å². The predicted octanol–water partition coefficient (Wildman–Crippen LogP) is 4.20. The Hall–Kier alpha value is -1.62. The first-order valence-electron chi connectivity index (χ1n) is 6.42. The lowest BCUT2D eigenvalue weighted by Gasteiger charge is -2.13. The fraction of sp³-hybridized carbons (Fsp3) is 0.400. The van der Waals surface area contributed by atoms with Gasteiger partial charge in [0.05, 0.1) is 30.0 Å². The van der Waals surface area contributed by atoms with Crippen molar-refractivity contribution < 1.29 is 9.13 Å². The Kier molecular flexibility index (Phi) is 4.28. The van der Waals surface area contributed by atoms with Gasteiger partial charge in [-0.15, -0.1) is 11.3 Å². The fourth-order valence-electron chi connectivity index (χ4n) is 1.69. The molecule has 0 aliphatic heterocycles. The molecule has 0 unspecified atom stereocenters. The molecule has 3 nitrogen and oxygen atoms in total. The van der Waals surface area contributed by atoms with Crippen molar-refractivity contribution in [2.24, 2.45) is 0 Å². The number of anilines is 1. The third-order valence-electron chi connectivity index (χ3n) is 2.83. The van der Waals surface area contributed by atoms with Crippen LogP contribution in [0.1, 0.15) is 31.5 Å². The summed E-state index contributed by atoms with van der Waals surface area (Å²) in [6, 6.07) is 4.64. The van der Waals surface area contributed by atoms with Gasteiger partial charge in [0.2, 0.25) is 0 Å². The zero-order valence-electron chi connectivity index (χ0n) is 12.2. The molecule has 1 N–H and O–H groups in total. The number of hydrogen-bond donors (Lipinski definition) is 1. The van der Waals surface area contributed by atoms with Crippen LogP contribution >= 0.6 is 11.3 Å². The smallest absolute Gasteiger partial charge is 0.146 e. The first-order chi connectivity index (χ1) is 9.40. The predicted molar refractivity (Wildman–Crippen MR) is 81.1 cm³/mol. The van der Waals surface area contributed by atoms with Crippen molar-refractivity contribution in [3.63, 3.8) is 0 Å². The van der Waals surface area contributed by atoms with E-state index in [0.717, 1.165) is 10.7 Å².